The number of ketones is 1. The van der Waals surface area contributed by atoms with Gasteiger partial charge in [0.15, 0.2) is 5.78 Å². The van der Waals surface area contributed by atoms with E-state index in [1.165, 1.54) is 30.7 Å². The summed E-state index contributed by atoms with van der Waals surface area (Å²) in [5, 5.41) is 3.88. The average Bonchev–Trinajstić information content (AvgIpc) is 3.08. The second-order valence-corrected chi connectivity index (χ2v) is 7.84. The molecule has 1 fully saturated rings. The van der Waals surface area contributed by atoms with Crippen LogP contribution >= 0.6 is 0 Å². The molecule has 29 heavy (non-hydrogen) atoms. The number of amides is 1. The molecule has 1 amide bonds. The van der Waals surface area contributed by atoms with Crippen molar-refractivity contribution in [1.29, 1.82) is 0 Å². The molecule has 0 radical (unpaired) electrons. The van der Waals surface area contributed by atoms with Crippen molar-refractivity contribution in [3.8, 4) is 0 Å². The predicted octanol–water partition coefficient (Wildman–Crippen LogP) is 4.10. The van der Waals surface area contributed by atoms with Gasteiger partial charge < -0.3 is 9.88 Å². The number of nitrogens with zero attached hydrogens (tertiary/aromatic N) is 2. The van der Waals surface area contributed by atoms with Gasteiger partial charge in [0.2, 0.25) is 5.91 Å². The number of nitrogens with one attached hydrogen (secondary N) is 1. The highest BCUT2D eigenvalue weighted by atomic mass is 19.1. The van der Waals surface area contributed by atoms with Gasteiger partial charge in [-0.25, -0.2) is 4.39 Å². The fraction of sp³-hybridized carbons (Fsp3) is 0.348. The highest BCUT2D eigenvalue weighted by molar-refractivity contribution is 6.16. The molecular weight excluding hydrogens is 369 g/mol. The minimum absolute atomic E-state index is 0.0646. The summed E-state index contributed by atoms with van der Waals surface area (Å²) in [6, 6.07) is 7.46. The Balaban J connectivity index is 1.59. The van der Waals surface area contributed by atoms with Gasteiger partial charge in [-0.1, -0.05) is 19.8 Å². The molecule has 0 aliphatic heterocycles. The van der Waals surface area contributed by atoms with Gasteiger partial charge in [-0.05, 0) is 49.1 Å². The molecule has 3 aromatic rings. The van der Waals surface area contributed by atoms with E-state index >= 15 is 0 Å². The molecule has 1 aliphatic rings. The summed E-state index contributed by atoms with van der Waals surface area (Å²) in [5.74, 6) is -0.181. The predicted molar refractivity (Wildman–Crippen MR) is 109 cm³/mol. The number of rotatable bonds is 5. The highest BCUT2D eigenvalue weighted by Gasteiger charge is 2.24. The summed E-state index contributed by atoms with van der Waals surface area (Å²) in [7, 11) is 0. The number of hydrogen-bond donors (Lipinski definition) is 1. The lowest BCUT2D eigenvalue weighted by Crippen LogP contribution is -2.42. The van der Waals surface area contributed by atoms with Gasteiger partial charge in [-0.15, -0.1) is 0 Å². The van der Waals surface area contributed by atoms with Crippen LogP contribution in [0.1, 0.15) is 48.5 Å². The van der Waals surface area contributed by atoms with Gasteiger partial charge in [0.1, 0.15) is 12.4 Å². The molecule has 5 nitrogen and oxygen atoms in total. The summed E-state index contributed by atoms with van der Waals surface area (Å²) >= 11 is 0. The van der Waals surface area contributed by atoms with E-state index in [9.17, 15) is 14.0 Å². The number of halogens is 1. The number of hydrogen-bond acceptors (Lipinski definition) is 3. The molecule has 0 bridgehead atoms. The first-order valence-electron chi connectivity index (χ1n) is 10.1. The normalized spacial score (nSPS) is 19.2. The first kappa shape index (κ1) is 19.3. The number of pyridine rings is 1. The molecule has 1 N–H and O–H groups in total. The Morgan fingerprint density at radius 1 is 1.17 bits per heavy atom. The Labute approximate surface area is 168 Å². The molecule has 0 spiro atoms. The molecule has 6 heteroatoms. The van der Waals surface area contributed by atoms with Gasteiger partial charge in [0.25, 0.3) is 0 Å². The number of fused-ring (bicyclic) bond motifs is 1. The van der Waals surface area contributed by atoms with Crippen LogP contribution in [0.4, 0.5) is 4.39 Å². The van der Waals surface area contributed by atoms with Crippen LogP contribution in [-0.4, -0.2) is 27.3 Å². The SMILES string of the molecule is CC1CCCCC1NC(=O)Cn1cc(C(=O)c2ccc(F)cc2)c2ccncc21. The second-order valence-electron chi connectivity index (χ2n) is 7.84. The van der Waals surface area contributed by atoms with E-state index in [-0.39, 0.29) is 30.1 Å². The third-order valence-corrected chi connectivity index (χ3v) is 5.81. The van der Waals surface area contributed by atoms with Crippen LogP contribution in [-0.2, 0) is 11.3 Å². The lowest BCUT2D eigenvalue weighted by Gasteiger charge is -2.29. The maximum absolute atomic E-state index is 13.2. The standard InChI is InChI=1S/C23H24FN3O2/c1-15-4-2-3-5-20(15)26-22(28)14-27-13-19(18-10-11-25-12-21(18)27)23(29)16-6-8-17(24)9-7-16/h6-13,15,20H,2-5,14H2,1H3,(H,26,28). The zero-order chi connectivity index (χ0) is 20.4. The van der Waals surface area contributed by atoms with Crippen molar-refractivity contribution in [3.05, 3.63) is 65.9 Å². The van der Waals surface area contributed by atoms with E-state index in [2.05, 4.69) is 17.2 Å². The highest BCUT2D eigenvalue weighted by Crippen LogP contribution is 2.25. The van der Waals surface area contributed by atoms with Gasteiger partial charge in [0, 0.05) is 34.9 Å². The van der Waals surface area contributed by atoms with E-state index in [4.69, 9.17) is 0 Å². The van der Waals surface area contributed by atoms with Crippen LogP contribution in [0, 0.1) is 11.7 Å². The molecule has 2 atom stereocenters. The summed E-state index contributed by atoms with van der Waals surface area (Å²) < 4.78 is 15.0. The van der Waals surface area contributed by atoms with Crippen molar-refractivity contribution in [2.45, 2.75) is 45.2 Å². The van der Waals surface area contributed by atoms with Crippen molar-refractivity contribution >= 4 is 22.6 Å². The molecule has 2 aromatic heterocycles. The second kappa shape index (κ2) is 8.15. The smallest absolute Gasteiger partial charge is 0.240 e. The van der Waals surface area contributed by atoms with Crippen LogP contribution in [0.25, 0.3) is 10.9 Å². The van der Waals surface area contributed by atoms with Gasteiger partial charge in [0.05, 0.1) is 11.7 Å². The van der Waals surface area contributed by atoms with E-state index in [0.717, 1.165) is 30.2 Å². The van der Waals surface area contributed by atoms with Crippen molar-refractivity contribution in [2.24, 2.45) is 5.92 Å². The third-order valence-electron chi connectivity index (χ3n) is 5.81. The van der Waals surface area contributed by atoms with Gasteiger partial charge in [-0.2, -0.15) is 0 Å². The molecule has 1 saturated carbocycles. The Kier molecular flexibility index (Phi) is 5.43. The molecule has 1 aromatic carbocycles. The van der Waals surface area contributed by atoms with Crippen molar-refractivity contribution < 1.29 is 14.0 Å². The third kappa shape index (κ3) is 4.06. The number of carbonyl (C=O) groups is 2. The number of aromatic nitrogens is 2. The van der Waals surface area contributed by atoms with Crippen LogP contribution in [0.5, 0.6) is 0 Å². The lowest BCUT2D eigenvalue weighted by atomic mass is 9.86. The fourth-order valence-corrected chi connectivity index (χ4v) is 4.14. The Bertz CT molecular complexity index is 1040. The first-order valence-corrected chi connectivity index (χ1v) is 10.1. The summed E-state index contributed by atoms with van der Waals surface area (Å²) in [6.45, 7) is 2.31. The van der Waals surface area contributed by atoms with Crippen LogP contribution < -0.4 is 5.32 Å². The molecule has 2 heterocycles. The number of carbonyl (C=O) groups excluding carboxylic acids is 2. The minimum Gasteiger partial charge on any atom is -0.352 e. The Hall–Kier alpha value is -3.02. The first-order chi connectivity index (χ1) is 14.0. The number of benzene rings is 1. The molecular formula is C23H24FN3O2. The van der Waals surface area contributed by atoms with Crippen LogP contribution in [0.2, 0.25) is 0 Å². The van der Waals surface area contributed by atoms with E-state index in [1.807, 2.05) is 0 Å². The lowest BCUT2D eigenvalue weighted by molar-refractivity contribution is -0.122. The molecule has 4 rings (SSSR count). The van der Waals surface area contributed by atoms with E-state index in [0.29, 0.717) is 17.0 Å². The zero-order valence-electron chi connectivity index (χ0n) is 16.4. The molecule has 1 aliphatic carbocycles. The summed E-state index contributed by atoms with van der Waals surface area (Å²) in [6.07, 6.45) is 9.48. The summed E-state index contributed by atoms with van der Waals surface area (Å²) in [5.41, 5.74) is 1.61. The maximum Gasteiger partial charge on any atom is 0.240 e. The van der Waals surface area contributed by atoms with Crippen molar-refractivity contribution in [3.63, 3.8) is 0 Å². The van der Waals surface area contributed by atoms with Gasteiger partial charge in [-0.3, -0.25) is 14.6 Å². The van der Waals surface area contributed by atoms with Crippen LogP contribution in [0.3, 0.4) is 0 Å². The maximum atomic E-state index is 13.2. The largest absolute Gasteiger partial charge is 0.352 e. The average molecular weight is 393 g/mol. The Morgan fingerprint density at radius 2 is 1.93 bits per heavy atom. The zero-order valence-corrected chi connectivity index (χ0v) is 16.4. The molecule has 2 unspecified atom stereocenters. The fourth-order valence-electron chi connectivity index (χ4n) is 4.14. The Morgan fingerprint density at radius 3 is 2.69 bits per heavy atom. The van der Waals surface area contributed by atoms with Gasteiger partial charge >= 0.3 is 0 Å². The topological polar surface area (TPSA) is 64.0 Å². The van der Waals surface area contributed by atoms with E-state index in [1.54, 1.807) is 29.2 Å². The monoisotopic (exact) mass is 393 g/mol. The van der Waals surface area contributed by atoms with Crippen molar-refractivity contribution in [1.82, 2.24) is 14.9 Å². The molecule has 150 valence electrons. The van der Waals surface area contributed by atoms with Crippen molar-refractivity contribution in [2.75, 3.05) is 0 Å². The minimum atomic E-state index is -0.387. The van der Waals surface area contributed by atoms with Crippen LogP contribution in [0.15, 0.2) is 48.9 Å². The summed E-state index contributed by atoms with van der Waals surface area (Å²) in [4.78, 5) is 29.8. The van der Waals surface area contributed by atoms with E-state index < -0.39 is 0 Å². The quantitative estimate of drug-likeness (QED) is 0.664. The molecule has 0 saturated heterocycles.